The first-order valence-corrected chi connectivity index (χ1v) is 11.5. The van der Waals surface area contributed by atoms with Gasteiger partial charge in [-0.2, -0.15) is 4.31 Å². The minimum absolute atomic E-state index is 0.0412. The molecule has 2 aromatic carbocycles. The molecule has 7 heteroatoms. The summed E-state index contributed by atoms with van der Waals surface area (Å²) < 4.78 is 41.3. The number of sulfonamides is 1. The van der Waals surface area contributed by atoms with E-state index in [1.807, 2.05) is 24.3 Å². The van der Waals surface area contributed by atoms with Gasteiger partial charge < -0.3 is 5.32 Å². The summed E-state index contributed by atoms with van der Waals surface area (Å²) in [5, 5.41) is 3.07. The summed E-state index contributed by atoms with van der Waals surface area (Å²) in [6.07, 6.45) is 4.84. The highest BCUT2D eigenvalue weighted by Crippen LogP contribution is 2.36. The summed E-state index contributed by atoms with van der Waals surface area (Å²) in [5.41, 5.74) is 1.93. The quantitative estimate of drug-likeness (QED) is 0.810. The number of hydrogen-bond donors (Lipinski definition) is 1. The molecule has 0 radical (unpaired) electrons. The molecule has 1 saturated carbocycles. The second-order valence-corrected chi connectivity index (χ2v) is 9.68. The molecule has 0 aromatic heterocycles. The van der Waals surface area contributed by atoms with E-state index in [0.29, 0.717) is 6.42 Å². The normalized spacial score (nSPS) is 20.4. The van der Waals surface area contributed by atoms with Crippen LogP contribution in [0.2, 0.25) is 0 Å². The topological polar surface area (TPSA) is 66.5 Å². The van der Waals surface area contributed by atoms with Crippen LogP contribution in [0.4, 0.5) is 4.39 Å². The Bertz CT molecular complexity index is 985. The van der Waals surface area contributed by atoms with E-state index >= 15 is 0 Å². The Labute approximate surface area is 171 Å². The molecule has 2 aliphatic rings. The molecule has 1 aliphatic heterocycles. The van der Waals surface area contributed by atoms with Crippen LogP contribution < -0.4 is 5.32 Å². The van der Waals surface area contributed by atoms with Crippen LogP contribution in [-0.4, -0.2) is 31.2 Å². The van der Waals surface area contributed by atoms with E-state index in [2.05, 4.69) is 5.32 Å². The van der Waals surface area contributed by atoms with Crippen molar-refractivity contribution in [2.45, 2.75) is 55.5 Å². The highest BCUT2D eigenvalue weighted by Gasteiger charge is 2.37. The van der Waals surface area contributed by atoms with Crippen molar-refractivity contribution in [3.63, 3.8) is 0 Å². The molecule has 0 spiro atoms. The van der Waals surface area contributed by atoms with Gasteiger partial charge in [0.2, 0.25) is 15.9 Å². The fourth-order valence-corrected chi connectivity index (χ4v) is 6.01. The lowest BCUT2D eigenvalue weighted by Gasteiger charge is -2.36. The van der Waals surface area contributed by atoms with Gasteiger partial charge in [-0.25, -0.2) is 12.8 Å². The maximum atomic E-state index is 13.3. The van der Waals surface area contributed by atoms with Crippen molar-refractivity contribution in [3.05, 3.63) is 65.5 Å². The fourth-order valence-electron chi connectivity index (χ4n) is 4.40. The molecule has 4 rings (SSSR count). The molecule has 1 fully saturated rings. The van der Waals surface area contributed by atoms with Gasteiger partial charge in [0.05, 0.1) is 10.9 Å². The predicted molar refractivity (Wildman–Crippen MR) is 108 cm³/mol. The lowest BCUT2D eigenvalue weighted by molar-refractivity contribution is -0.122. The molecule has 29 heavy (non-hydrogen) atoms. The number of fused-ring (bicyclic) bond motifs is 1. The van der Waals surface area contributed by atoms with Crippen molar-refractivity contribution in [2.75, 3.05) is 6.54 Å². The van der Waals surface area contributed by atoms with Crippen LogP contribution in [0.5, 0.6) is 0 Å². The summed E-state index contributed by atoms with van der Waals surface area (Å²) >= 11 is 0. The van der Waals surface area contributed by atoms with Gasteiger partial charge in [0.25, 0.3) is 0 Å². The molecule has 2 aromatic rings. The lowest BCUT2D eigenvalue weighted by Crippen LogP contribution is -2.43. The van der Waals surface area contributed by atoms with Crippen molar-refractivity contribution in [1.29, 1.82) is 0 Å². The molecule has 1 unspecified atom stereocenters. The zero-order chi connectivity index (χ0) is 20.4. The molecular weight excluding hydrogens is 391 g/mol. The van der Waals surface area contributed by atoms with Gasteiger partial charge >= 0.3 is 0 Å². The summed E-state index contributed by atoms with van der Waals surface area (Å²) in [5.74, 6) is -0.613. The van der Waals surface area contributed by atoms with E-state index in [-0.39, 0.29) is 29.8 Å². The van der Waals surface area contributed by atoms with E-state index in [4.69, 9.17) is 0 Å². The standard InChI is InChI=1S/C22H25FN2O3S/c23-17-9-11-19(12-10-17)29(27,28)25-14-13-16-5-1-4-8-20(16)21(25)15-22(26)24-18-6-2-3-7-18/h1,4-5,8-12,18,21H,2-3,6-7,13-15H2,(H,24,26). The van der Waals surface area contributed by atoms with E-state index in [1.54, 1.807) is 0 Å². The maximum absolute atomic E-state index is 13.3. The van der Waals surface area contributed by atoms with Crippen LogP contribution in [0.1, 0.15) is 49.3 Å². The van der Waals surface area contributed by atoms with Gasteiger partial charge in [-0.3, -0.25) is 4.79 Å². The summed E-state index contributed by atoms with van der Waals surface area (Å²) in [7, 11) is -3.86. The largest absolute Gasteiger partial charge is 0.353 e. The van der Waals surface area contributed by atoms with Crippen molar-refractivity contribution in [1.82, 2.24) is 9.62 Å². The smallest absolute Gasteiger partial charge is 0.243 e. The monoisotopic (exact) mass is 416 g/mol. The maximum Gasteiger partial charge on any atom is 0.243 e. The van der Waals surface area contributed by atoms with Crippen LogP contribution in [0, 0.1) is 5.82 Å². The minimum Gasteiger partial charge on any atom is -0.353 e. The van der Waals surface area contributed by atoms with Gasteiger partial charge in [-0.05, 0) is 54.7 Å². The second kappa shape index (κ2) is 8.24. The summed E-state index contributed by atoms with van der Waals surface area (Å²) in [4.78, 5) is 12.8. The molecular formula is C22H25FN2O3S. The number of carbonyl (C=O) groups excluding carboxylic acids is 1. The molecule has 5 nitrogen and oxygen atoms in total. The third kappa shape index (κ3) is 4.21. The average Bonchev–Trinajstić information content (AvgIpc) is 3.21. The zero-order valence-electron chi connectivity index (χ0n) is 16.2. The Balaban J connectivity index is 1.64. The van der Waals surface area contributed by atoms with Crippen molar-refractivity contribution in [2.24, 2.45) is 0 Å². The first-order chi connectivity index (χ1) is 13.9. The molecule has 1 aliphatic carbocycles. The highest BCUT2D eigenvalue weighted by atomic mass is 32.2. The third-order valence-corrected chi connectivity index (χ3v) is 7.80. The predicted octanol–water partition coefficient (Wildman–Crippen LogP) is 3.56. The van der Waals surface area contributed by atoms with E-state index in [9.17, 15) is 17.6 Å². The van der Waals surface area contributed by atoms with Gasteiger partial charge in [0, 0.05) is 19.0 Å². The van der Waals surface area contributed by atoms with Crippen LogP contribution in [0.25, 0.3) is 0 Å². The van der Waals surface area contributed by atoms with Crippen molar-refractivity contribution >= 4 is 15.9 Å². The van der Waals surface area contributed by atoms with Gasteiger partial charge in [-0.15, -0.1) is 0 Å². The fraction of sp³-hybridized carbons (Fsp3) is 0.409. The van der Waals surface area contributed by atoms with Crippen LogP contribution >= 0.6 is 0 Å². The van der Waals surface area contributed by atoms with Crippen molar-refractivity contribution in [3.8, 4) is 0 Å². The Kier molecular flexibility index (Phi) is 5.69. The van der Waals surface area contributed by atoms with Gasteiger partial charge in [0.1, 0.15) is 5.82 Å². The summed E-state index contributed by atoms with van der Waals surface area (Å²) in [6, 6.07) is 12.1. The van der Waals surface area contributed by atoms with Gasteiger partial charge in [0.15, 0.2) is 0 Å². The molecule has 1 atom stereocenters. The lowest BCUT2D eigenvalue weighted by atomic mass is 9.92. The molecule has 0 saturated heterocycles. The Morgan fingerprint density at radius 3 is 2.48 bits per heavy atom. The SMILES string of the molecule is O=C(CC1c2ccccc2CCN1S(=O)(=O)c1ccc(F)cc1)NC1CCCC1. The molecule has 154 valence electrons. The third-order valence-electron chi connectivity index (χ3n) is 5.88. The Morgan fingerprint density at radius 1 is 1.07 bits per heavy atom. The first kappa shape index (κ1) is 20.0. The van der Waals surface area contributed by atoms with Crippen LogP contribution in [0.15, 0.2) is 53.4 Å². The number of hydrogen-bond acceptors (Lipinski definition) is 3. The van der Waals surface area contributed by atoms with Crippen molar-refractivity contribution < 1.29 is 17.6 Å². The van der Waals surface area contributed by atoms with Gasteiger partial charge in [-0.1, -0.05) is 37.1 Å². The molecule has 0 bridgehead atoms. The number of carbonyl (C=O) groups is 1. The number of amides is 1. The highest BCUT2D eigenvalue weighted by molar-refractivity contribution is 7.89. The second-order valence-electron chi connectivity index (χ2n) is 7.79. The Hall–Kier alpha value is -2.25. The molecule has 1 N–H and O–H groups in total. The van der Waals surface area contributed by atoms with Crippen LogP contribution in [-0.2, 0) is 21.2 Å². The number of nitrogens with zero attached hydrogens (tertiary/aromatic N) is 1. The molecule has 1 heterocycles. The average molecular weight is 417 g/mol. The molecule has 1 amide bonds. The summed E-state index contributed by atoms with van der Waals surface area (Å²) in [6.45, 7) is 0.290. The number of halogens is 1. The zero-order valence-corrected chi connectivity index (χ0v) is 17.0. The van der Waals surface area contributed by atoms with Crippen LogP contribution in [0.3, 0.4) is 0 Å². The van der Waals surface area contributed by atoms with E-state index in [0.717, 1.165) is 48.9 Å². The number of nitrogens with one attached hydrogen (secondary N) is 1. The van der Waals surface area contributed by atoms with E-state index in [1.165, 1.54) is 16.4 Å². The first-order valence-electron chi connectivity index (χ1n) is 10.1. The number of benzene rings is 2. The minimum atomic E-state index is -3.86. The Morgan fingerprint density at radius 2 is 1.76 bits per heavy atom. The van der Waals surface area contributed by atoms with E-state index < -0.39 is 21.9 Å². The number of rotatable bonds is 5.